The molecule has 13 heavy (non-hydrogen) atoms. The van der Waals surface area contributed by atoms with E-state index in [9.17, 15) is 0 Å². The van der Waals surface area contributed by atoms with Crippen molar-refractivity contribution in [3.8, 4) is 0 Å². The van der Waals surface area contributed by atoms with Crippen LogP contribution in [0.5, 0.6) is 0 Å². The van der Waals surface area contributed by atoms with E-state index in [1.54, 1.807) is 12.4 Å². The van der Waals surface area contributed by atoms with Gasteiger partial charge in [-0.15, -0.1) is 11.6 Å². The van der Waals surface area contributed by atoms with Gasteiger partial charge in [0, 0.05) is 31.4 Å². The number of halogens is 1. The maximum atomic E-state index is 5.73. The van der Waals surface area contributed by atoms with E-state index in [2.05, 4.69) is 9.97 Å². The van der Waals surface area contributed by atoms with E-state index in [0.29, 0.717) is 5.88 Å². The lowest BCUT2D eigenvalue weighted by Gasteiger charge is -2.22. The monoisotopic (exact) mass is 199 g/mol. The molecule has 3 nitrogen and oxygen atoms in total. The van der Waals surface area contributed by atoms with Gasteiger partial charge in [0.05, 0.1) is 0 Å². The van der Waals surface area contributed by atoms with Gasteiger partial charge in [-0.3, -0.25) is 0 Å². The average Bonchev–Trinajstić information content (AvgIpc) is 2.17. The lowest BCUT2D eigenvalue weighted by atomic mass is 10.3. The third kappa shape index (κ3) is 2.56. The molecule has 1 aromatic rings. The molecule has 0 aliphatic carbocycles. The van der Waals surface area contributed by atoms with Crippen LogP contribution < -0.4 is 4.90 Å². The van der Waals surface area contributed by atoms with Crippen LogP contribution in [0.4, 0.5) is 5.95 Å². The van der Waals surface area contributed by atoms with Crippen molar-refractivity contribution >= 4 is 17.5 Å². The summed E-state index contributed by atoms with van der Waals surface area (Å²) in [7, 11) is 1.94. The molecule has 0 saturated carbocycles. The predicted molar refractivity (Wildman–Crippen MR) is 55.4 cm³/mol. The van der Waals surface area contributed by atoms with E-state index in [4.69, 9.17) is 11.6 Å². The summed E-state index contributed by atoms with van der Waals surface area (Å²) < 4.78 is 0. The molecule has 0 spiro atoms. The van der Waals surface area contributed by atoms with Gasteiger partial charge in [-0.2, -0.15) is 0 Å². The highest BCUT2D eigenvalue weighted by molar-refractivity contribution is 6.18. The standard InChI is InChI=1S/C9H14ClN3/c1-7-5-11-9(12-6-7)13(3)8(2)4-10/h5-6,8H,4H2,1-3H3. The molecule has 1 unspecified atom stereocenters. The second-order valence-electron chi connectivity index (χ2n) is 3.17. The number of nitrogens with zero attached hydrogens (tertiary/aromatic N) is 3. The average molecular weight is 200 g/mol. The van der Waals surface area contributed by atoms with Gasteiger partial charge in [-0.25, -0.2) is 9.97 Å². The van der Waals surface area contributed by atoms with Crippen molar-refractivity contribution in [3.05, 3.63) is 18.0 Å². The summed E-state index contributed by atoms with van der Waals surface area (Å²) in [6.07, 6.45) is 3.61. The molecule has 0 amide bonds. The molecule has 1 heterocycles. The maximum Gasteiger partial charge on any atom is 0.225 e. The normalized spacial score (nSPS) is 12.6. The molecule has 0 fully saturated rings. The van der Waals surface area contributed by atoms with Crippen LogP contribution in [0.2, 0.25) is 0 Å². The number of hydrogen-bond donors (Lipinski definition) is 0. The Hall–Kier alpha value is -0.830. The van der Waals surface area contributed by atoms with Crippen molar-refractivity contribution in [1.29, 1.82) is 0 Å². The number of rotatable bonds is 3. The smallest absolute Gasteiger partial charge is 0.225 e. The van der Waals surface area contributed by atoms with Crippen LogP contribution in [-0.2, 0) is 0 Å². The quantitative estimate of drug-likeness (QED) is 0.696. The van der Waals surface area contributed by atoms with Crippen molar-refractivity contribution in [2.24, 2.45) is 0 Å². The molecule has 0 aliphatic heterocycles. The fourth-order valence-corrected chi connectivity index (χ4v) is 1.08. The summed E-state index contributed by atoms with van der Waals surface area (Å²) in [5, 5.41) is 0. The molecule has 0 saturated heterocycles. The number of aryl methyl sites for hydroxylation is 1. The summed E-state index contributed by atoms with van der Waals surface area (Å²) in [6, 6.07) is 0.254. The number of hydrogen-bond acceptors (Lipinski definition) is 3. The van der Waals surface area contributed by atoms with Gasteiger partial charge in [-0.1, -0.05) is 0 Å². The fraction of sp³-hybridized carbons (Fsp3) is 0.556. The molecule has 1 rings (SSSR count). The van der Waals surface area contributed by atoms with Gasteiger partial charge in [0.2, 0.25) is 5.95 Å². The van der Waals surface area contributed by atoms with Gasteiger partial charge in [0.15, 0.2) is 0 Å². The van der Waals surface area contributed by atoms with E-state index in [0.717, 1.165) is 11.5 Å². The molecular formula is C9H14ClN3. The van der Waals surface area contributed by atoms with Gasteiger partial charge in [0.25, 0.3) is 0 Å². The van der Waals surface area contributed by atoms with Crippen LogP contribution in [-0.4, -0.2) is 28.9 Å². The van der Waals surface area contributed by atoms with Crippen LogP contribution in [0.3, 0.4) is 0 Å². The highest BCUT2D eigenvalue weighted by Gasteiger charge is 2.10. The second-order valence-corrected chi connectivity index (χ2v) is 3.48. The zero-order valence-corrected chi connectivity index (χ0v) is 8.91. The Balaban J connectivity index is 2.77. The first-order valence-corrected chi connectivity index (χ1v) is 4.76. The Morgan fingerprint density at radius 3 is 2.46 bits per heavy atom. The Bertz CT molecular complexity index is 260. The molecule has 1 atom stereocenters. The second kappa shape index (κ2) is 4.42. The Morgan fingerprint density at radius 2 is 2.00 bits per heavy atom. The first-order valence-electron chi connectivity index (χ1n) is 4.22. The lowest BCUT2D eigenvalue weighted by Crippen LogP contribution is -2.31. The zero-order chi connectivity index (χ0) is 9.84. The SMILES string of the molecule is Cc1cnc(N(C)C(C)CCl)nc1. The summed E-state index contributed by atoms with van der Waals surface area (Å²) in [4.78, 5) is 10.4. The molecule has 72 valence electrons. The molecule has 0 N–H and O–H groups in total. The minimum atomic E-state index is 0.254. The van der Waals surface area contributed by atoms with Gasteiger partial charge >= 0.3 is 0 Å². The summed E-state index contributed by atoms with van der Waals surface area (Å²) in [5.74, 6) is 1.30. The van der Waals surface area contributed by atoms with Crippen LogP contribution in [0.1, 0.15) is 12.5 Å². The zero-order valence-electron chi connectivity index (χ0n) is 8.16. The third-order valence-electron chi connectivity index (χ3n) is 1.97. The highest BCUT2D eigenvalue weighted by atomic mass is 35.5. The van der Waals surface area contributed by atoms with Crippen molar-refractivity contribution in [1.82, 2.24) is 9.97 Å². The minimum absolute atomic E-state index is 0.254. The Labute approximate surface area is 83.8 Å². The van der Waals surface area contributed by atoms with Crippen molar-refractivity contribution < 1.29 is 0 Å². The third-order valence-corrected chi connectivity index (χ3v) is 2.41. The fourth-order valence-electron chi connectivity index (χ4n) is 0.869. The van der Waals surface area contributed by atoms with E-state index < -0.39 is 0 Å². The van der Waals surface area contributed by atoms with E-state index in [1.165, 1.54) is 0 Å². The van der Waals surface area contributed by atoms with Crippen LogP contribution in [0.15, 0.2) is 12.4 Å². The van der Waals surface area contributed by atoms with Gasteiger partial charge in [-0.05, 0) is 19.4 Å². The summed E-state index contributed by atoms with van der Waals surface area (Å²) in [6.45, 7) is 4.00. The topological polar surface area (TPSA) is 29.0 Å². The number of anilines is 1. The van der Waals surface area contributed by atoms with Gasteiger partial charge < -0.3 is 4.90 Å². The molecule has 0 bridgehead atoms. The first kappa shape index (κ1) is 10.3. The minimum Gasteiger partial charge on any atom is -0.340 e. The maximum absolute atomic E-state index is 5.73. The molecular weight excluding hydrogens is 186 g/mol. The summed E-state index contributed by atoms with van der Waals surface area (Å²) >= 11 is 5.73. The number of aromatic nitrogens is 2. The van der Waals surface area contributed by atoms with Crippen molar-refractivity contribution in [2.45, 2.75) is 19.9 Å². The molecule has 1 aromatic heterocycles. The van der Waals surface area contributed by atoms with Crippen LogP contribution in [0.25, 0.3) is 0 Å². The molecule has 0 aliphatic rings. The molecule has 4 heteroatoms. The predicted octanol–water partition coefficient (Wildman–Crippen LogP) is 1.85. The first-order chi connectivity index (χ1) is 6.15. The van der Waals surface area contributed by atoms with E-state index in [1.807, 2.05) is 25.8 Å². The van der Waals surface area contributed by atoms with Crippen molar-refractivity contribution in [2.75, 3.05) is 17.8 Å². The number of alkyl halides is 1. The largest absolute Gasteiger partial charge is 0.340 e. The molecule has 0 aromatic carbocycles. The molecule has 0 radical (unpaired) electrons. The van der Waals surface area contributed by atoms with Gasteiger partial charge in [0.1, 0.15) is 0 Å². The Morgan fingerprint density at radius 1 is 1.46 bits per heavy atom. The van der Waals surface area contributed by atoms with Crippen molar-refractivity contribution in [3.63, 3.8) is 0 Å². The highest BCUT2D eigenvalue weighted by Crippen LogP contribution is 2.08. The van der Waals surface area contributed by atoms with E-state index in [-0.39, 0.29) is 6.04 Å². The van der Waals surface area contributed by atoms with E-state index >= 15 is 0 Å². The van der Waals surface area contributed by atoms with Crippen LogP contribution in [0, 0.1) is 6.92 Å². The summed E-state index contributed by atoms with van der Waals surface area (Å²) in [5.41, 5.74) is 1.07. The van der Waals surface area contributed by atoms with Crippen LogP contribution >= 0.6 is 11.6 Å². The Kier molecular flexibility index (Phi) is 3.48. The lowest BCUT2D eigenvalue weighted by molar-refractivity contribution is 0.734.